The molecular formula is C15H21ClN2O. The van der Waals surface area contributed by atoms with E-state index in [1.165, 1.54) is 6.42 Å². The number of carbonyl (C=O) groups is 1. The molecule has 1 amide bonds. The molecule has 1 fully saturated rings. The van der Waals surface area contributed by atoms with Gasteiger partial charge in [-0.05, 0) is 50.4 Å². The minimum atomic E-state index is -0.0180. The Balaban J connectivity index is 1.83. The standard InChI is InChI=1S/C15H21ClN2O/c1-11(9-12-5-4-6-13(16)10-12)18-15(19)14-7-2-3-8-17-14/h4-6,10-11,14,17H,2-3,7-9H2,1H3,(H,18,19). The normalized spacial score (nSPS) is 20.8. The first kappa shape index (κ1) is 14.4. The van der Waals surface area contributed by atoms with Crippen LogP contribution < -0.4 is 10.6 Å². The van der Waals surface area contributed by atoms with Crippen molar-refractivity contribution in [3.05, 3.63) is 34.9 Å². The minimum Gasteiger partial charge on any atom is -0.352 e. The summed E-state index contributed by atoms with van der Waals surface area (Å²) < 4.78 is 0. The van der Waals surface area contributed by atoms with Crippen molar-refractivity contribution in [1.29, 1.82) is 0 Å². The fourth-order valence-corrected chi connectivity index (χ4v) is 2.70. The van der Waals surface area contributed by atoms with Crippen molar-refractivity contribution in [3.63, 3.8) is 0 Å². The molecule has 104 valence electrons. The van der Waals surface area contributed by atoms with Crippen molar-refractivity contribution in [2.75, 3.05) is 6.54 Å². The molecule has 1 aromatic rings. The van der Waals surface area contributed by atoms with Gasteiger partial charge in [0.1, 0.15) is 0 Å². The first-order chi connectivity index (χ1) is 9.15. The Morgan fingerprint density at radius 1 is 1.53 bits per heavy atom. The first-order valence-electron chi connectivity index (χ1n) is 6.93. The number of hydrogen-bond acceptors (Lipinski definition) is 2. The van der Waals surface area contributed by atoms with Crippen molar-refractivity contribution in [2.45, 2.75) is 44.7 Å². The number of benzene rings is 1. The van der Waals surface area contributed by atoms with Gasteiger partial charge < -0.3 is 10.6 Å². The van der Waals surface area contributed by atoms with Gasteiger partial charge in [-0.1, -0.05) is 30.2 Å². The van der Waals surface area contributed by atoms with Crippen molar-refractivity contribution in [3.8, 4) is 0 Å². The van der Waals surface area contributed by atoms with Gasteiger partial charge in [0.05, 0.1) is 6.04 Å². The third-order valence-corrected chi connectivity index (χ3v) is 3.68. The number of amides is 1. The summed E-state index contributed by atoms with van der Waals surface area (Å²) in [4.78, 5) is 12.1. The van der Waals surface area contributed by atoms with E-state index in [4.69, 9.17) is 11.6 Å². The molecule has 19 heavy (non-hydrogen) atoms. The van der Waals surface area contributed by atoms with Gasteiger partial charge in [-0.2, -0.15) is 0 Å². The molecule has 2 N–H and O–H groups in total. The highest BCUT2D eigenvalue weighted by atomic mass is 35.5. The van der Waals surface area contributed by atoms with Crippen molar-refractivity contribution < 1.29 is 4.79 Å². The van der Waals surface area contributed by atoms with Crippen LogP contribution in [-0.2, 0) is 11.2 Å². The SMILES string of the molecule is CC(Cc1cccc(Cl)c1)NC(=O)C1CCCCN1. The highest BCUT2D eigenvalue weighted by Gasteiger charge is 2.21. The second-order valence-electron chi connectivity index (χ2n) is 5.25. The largest absolute Gasteiger partial charge is 0.352 e. The summed E-state index contributed by atoms with van der Waals surface area (Å²) in [6, 6.07) is 7.89. The van der Waals surface area contributed by atoms with E-state index in [2.05, 4.69) is 10.6 Å². The average Bonchev–Trinajstić information content (AvgIpc) is 2.39. The molecule has 0 radical (unpaired) electrons. The molecular weight excluding hydrogens is 260 g/mol. The molecule has 1 aliphatic rings. The molecule has 1 aromatic carbocycles. The molecule has 0 aromatic heterocycles. The highest BCUT2D eigenvalue weighted by molar-refractivity contribution is 6.30. The zero-order chi connectivity index (χ0) is 13.7. The van der Waals surface area contributed by atoms with E-state index in [9.17, 15) is 4.79 Å². The molecule has 0 bridgehead atoms. The summed E-state index contributed by atoms with van der Waals surface area (Å²) >= 11 is 5.96. The lowest BCUT2D eigenvalue weighted by Crippen LogP contribution is -2.49. The average molecular weight is 281 g/mol. The fraction of sp³-hybridized carbons (Fsp3) is 0.533. The van der Waals surface area contributed by atoms with E-state index in [0.29, 0.717) is 0 Å². The van der Waals surface area contributed by atoms with Crippen molar-refractivity contribution in [2.24, 2.45) is 0 Å². The molecule has 3 nitrogen and oxygen atoms in total. The fourth-order valence-electron chi connectivity index (χ4n) is 2.49. The maximum Gasteiger partial charge on any atom is 0.237 e. The number of nitrogens with one attached hydrogen (secondary N) is 2. The Bertz CT molecular complexity index is 430. The Labute approximate surface area is 119 Å². The second kappa shape index (κ2) is 6.92. The zero-order valence-electron chi connectivity index (χ0n) is 11.3. The van der Waals surface area contributed by atoms with Crippen LogP contribution >= 0.6 is 11.6 Å². The van der Waals surface area contributed by atoms with E-state index >= 15 is 0 Å². The number of rotatable bonds is 4. The topological polar surface area (TPSA) is 41.1 Å². The molecule has 0 spiro atoms. The van der Waals surface area contributed by atoms with Gasteiger partial charge >= 0.3 is 0 Å². The van der Waals surface area contributed by atoms with Crippen LogP contribution in [-0.4, -0.2) is 24.5 Å². The van der Waals surface area contributed by atoms with Crippen LogP contribution in [0.4, 0.5) is 0 Å². The van der Waals surface area contributed by atoms with Crippen LogP contribution in [0.25, 0.3) is 0 Å². The lowest BCUT2D eigenvalue weighted by molar-refractivity contribution is -0.124. The van der Waals surface area contributed by atoms with E-state index in [1.807, 2.05) is 31.2 Å². The smallest absolute Gasteiger partial charge is 0.237 e. The summed E-state index contributed by atoms with van der Waals surface area (Å²) in [5, 5.41) is 7.08. The summed E-state index contributed by atoms with van der Waals surface area (Å²) in [6.07, 6.45) is 4.05. The maximum absolute atomic E-state index is 12.1. The van der Waals surface area contributed by atoms with Crippen LogP contribution in [0.1, 0.15) is 31.7 Å². The lowest BCUT2D eigenvalue weighted by atomic mass is 10.0. The van der Waals surface area contributed by atoms with Gasteiger partial charge in [0.2, 0.25) is 5.91 Å². The van der Waals surface area contributed by atoms with E-state index in [0.717, 1.165) is 36.4 Å². The molecule has 1 saturated heterocycles. The van der Waals surface area contributed by atoms with Gasteiger partial charge in [-0.3, -0.25) is 4.79 Å². The number of hydrogen-bond donors (Lipinski definition) is 2. The molecule has 2 rings (SSSR count). The van der Waals surface area contributed by atoms with Crippen molar-refractivity contribution >= 4 is 17.5 Å². The van der Waals surface area contributed by atoms with Gasteiger partial charge in [0.15, 0.2) is 0 Å². The van der Waals surface area contributed by atoms with Crippen molar-refractivity contribution in [1.82, 2.24) is 10.6 Å². The van der Waals surface area contributed by atoms with Crippen LogP contribution in [0.15, 0.2) is 24.3 Å². The van der Waals surface area contributed by atoms with Gasteiger partial charge in [-0.15, -0.1) is 0 Å². The van der Waals surface area contributed by atoms with Crippen LogP contribution in [0.5, 0.6) is 0 Å². The predicted molar refractivity (Wildman–Crippen MR) is 78.4 cm³/mol. The summed E-state index contributed by atoms with van der Waals surface area (Å²) in [7, 11) is 0. The third kappa shape index (κ3) is 4.51. The molecule has 4 heteroatoms. The maximum atomic E-state index is 12.1. The quantitative estimate of drug-likeness (QED) is 0.890. The number of halogens is 1. The Morgan fingerprint density at radius 3 is 3.05 bits per heavy atom. The first-order valence-corrected chi connectivity index (χ1v) is 7.31. The molecule has 0 saturated carbocycles. The third-order valence-electron chi connectivity index (χ3n) is 3.45. The van der Waals surface area contributed by atoms with E-state index < -0.39 is 0 Å². The van der Waals surface area contributed by atoms with Crippen LogP contribution in [0, 0.1) is 0 Å². The summed E-state index contributed by atoms with van der Waals surface area (Å²) in [6.45, 7) is 2.97. The zero-order valence-corrected chi connectivity index (χ0v) is 12.0. The summed E-state index contributed by atoms with van der Waals surface area (Å²) in [5.41, 5.74) is 1.15. The number of carbonyl (C=O) groups excluding carboxylic acids is 1. The molecule has 0 aliphatic carbocycles. The highest BCUT2D eigenvalue weighted by Crippen LogP contribution is 2.13. The molecule has 1 aliphatic heterocycles. The lowest BCUT2D eigenvalue weighted by Gasteiger charge is -2.24. The molecule has 2 atom stereocenters. The Morgan fingerprint density at radius 2 is 2.37 bits per heavy atom. The van der Waals surface area contributed by atoms with Gasteiger partial charge in [0.25, 0.3) is 0 Å². The minimum absolute atomic E-state index is 0.0180. The van der Waals surface area contributed by atoms with E-state index in [1.54, 1.807) is 0 Å². The van der Waals surface area contributed by atoms with Crippen LogP contribution in [0.2, 0.25) is 5.02 Å². The Kier molecular flexibility index (Phi) is 5.23. The van der Waals surface area contributed by atoms with Gasteiger partial charge in [0, 0.05) is 11.1 Å². The summed E-state index contributed by atoms with van der Waals surface area (Å²) in [5.74, 6) is 0.120. The second-order valence-corrected chi connectivity index (χ2v) is 5.68. The number of piperidine rings is 1. The monoisotopic (exact) mass is 280 g/mol. The molecule has 1 heterocycles. The Hall–Kier alpha value is -1.06. The van der Waals surface area contributed by atoms with E-state index in [-0.39, 0.29) is 18.0 Å². The van der Waals surface area contributed by atoms with Gasteiger partial charge in [-0.25, -0.2) is 0 Å². The molecule has 2 unspecified atom stereocenters. The predicted octanol–water partition coefficient (Wildman–Crippen LogP) is 2.53. The van der Waals surface area contributed by atoms with Crippen LogP contribution in [0.3, 0.4) is 0 Å².